The zero-order valence-electron chi connectivity index (χ0n) is 61.6. The summed E-state index contributed by atoms with van der Waals surface area (Å²) in [6.07, 6.45) is 48.6. The van der Waals surface area contributed by atoms with E-state index in [4.69, 9.17) is 37.0 Å². The molecule has 0 rings (SSSR count). The topological polar surface area (TPSA) is 237 Å². The Bertz CT molecular complexity index is 1850. The molecule has 19 heteroatoms. The molecule has 0 amide bonds. The van der Waals surface area contributed by atoms with Crippen molar-refractivity contribution >= 4 is 39.5 Å². The van der Waals surface area contributed by atoms with Crippen molar-refractivity contribution in [1.82, 2.24) is 0 Å². The Morgan fingerprint density at radius 2 is 0.511 bits per heavy atom. The van der Waals surface area contributed by atoms with Crippen LogP contribution in [0.5, 0.6) is 0 Å². The van der Waals surface area contributed by atoms with Crippen molar-refractivity contribution in [3.05, 3.63) is 0 Å². The van der Waals surface area contributed by atoms with Crippen molar-refractivity contribution in [2.75, 3.05) is 39.6 Å². The largest absolute Gasteiger partial charge is 0.472 e. The van der Waals surface area contributed by atoms with Crippen LogP contribution in [0.1, 0.15) is 376 Å². The molecule has 0 aromatic heterocycles. The molecule has 4 unspecified atom stereocenters. The second-order valence-corrected chi connectivity index (χ2v) is 31.6. The molecule has 0 fully saturated rings. The number of hydrogen-bond donors (Lipinski definition) is 3. The first-order valence-corrected chi connectivity index (χ1v) is 41.7. The van der Waals surface area contributed by atoms with Gasteiger partial charge in [0.25, 0.3) is 0 Å². The normalized spacial score (nSPS) is 14.4. The smallest absolute Gasteiger partial charge is 0.462 e. The third kappa shape index (κ3) is 67.3. The first kappa shape index (κ1) is 92.1. The van der Waals surface area contributed by atoms with E-state index in [1.165, 1.54) is 180 Å². The lowest BCUT2D eigenvalue weighted by atomic mass is 9.99. The second kappa shape index (κ2) is 64.4. The third-order valence-corrected chi connectivity index (χ3v) is 19.6. The number of carbonyl (C=O) groups is 4. The van der Waals surface area contributed by atoms with Crippen LogP contribution < -0.4 is 0 Å². The summed E-state index contributed by atoms with van der Waals surface area (Å²) in [6.45, 7) is 14.2. The maximum Gasteiger partial charge on any atom is 0.472 e. The van der Waals surface area contributed by atoms with E-state index in [1.807, 2.05) is 0 Å². The highest BCUT2D eigenvalue weighted by Crippen LogP contribution is 2.45. The van der Waals surface area contributed by atoms with Crippen LogP contribution in [0.15, 0.2) is 0 Å². The van der Waals surface area contributed by atoms with Crippen LogP contribution in [0, 0.1) is 23.7 Å². The lowest BCUT2D eigenvalue weighted by molar-refractivity contribution is -0.161. The molecule has 0 radical (unpaired) electrons. The van der Waals surface area contributed by atoms with Crippen molar-refractivity contribution < 1.29 is 80.2 Å². The lowest BCUT2D eigenvalue weighted by Gasteiger charge is -2.21. The van der Waals surface area contributed by atoms with Gasteiger partial charge in [0, 0.05) is 25.7 Å². The summed E-state index contributed by atoms with van der Waals surface area (Å²) in [7, 11) is -9.91. The molecule has 0 saturated heterocycles. The Morgan fingerprint density at radius 3 is 0.755 bits per heavy atom. The molecule has 0 aliphatic rings. The van der Waals surface area contributed by atoms with Gasteiger partial charge in [-0.2, -0.15) is 0 Å². The van der Waals surface area contributed by atoms with Crippen LogP contribution in [0.2, 0.25) is 0 Å². The zero-order valence-corrected chi connectivity index (χ0v) is 63.4. The summed E-state index contributed by atoms with van der Waals surface area (Å²) in [4.78, 5) is 72.8. The summed E-state index contributed by atoms with van der Waals surface area (Å²) in [5, 5.41) is 10.6. The van der Waals surface area contributed by atoms with E-state index in [1.54, 1.807) is 0 Å². The zero-order chi connectivity index (χ0) is 69.6. The molecule has 0 spiro atoms. The highest BCUT2D eigenvalue weighted by Gasteiger charge is 2.30. The first-order chi connectivity index (χ1) is 45.1. The van der Waals surface area contributed by atoms with Gasteiger partial charge in [0.05, 0.1) is 26.4 Å². The predicted octanol–water partition coefficient (Wildman–Crippen LogP) is 21.7. The Balaban J connectivity index is 5.24. The first-order valence-electron chi connectivity index (χ1n) is 38.7. The number of esters is 4. The molecule has 0 aromatic rings. The molecule has 0 bridgehead atoms. The van der Waals surface area contributed by atoms with Crippen molar-refractivity contribution in [3.63, 3.8) is 0 Å². The number of unbranched alkanes of at least 4 members (excludes halogenated alkanes) is 37. The maximum atomic E-state index is 13.1. The summed E-state index contributed by atoms with van der Waals surface area (Å²) in [5.74, 6) is 0.930. The van der Waals surface area contributed by atoms with E-state index < -0.39 is 97.5 Å². The molecular formula is C75H146O17P2. The van der Waals surface area contributed by atoms with E-state index in [9.17, 15) is 43.2 Å². The Hall–Kier alpha value is -1.94. The molecule has 0 aliphatic carbocycles. The standard InChI is InChI=1S/C75H146O17P2/c1-9-68(8)54-46-38-30-24-26-34-42-50-58-75(80)92-71(62-86-73(78)56-48-40-32-25-23-29-37-45-53-67(6)7)64-90-94(83,84)88-60-69(76)59-87-93(81,82)89-63-70(91-74(79)57-49-41-33-22-18-17-20-28-36-44-52-66(4)5)61-85-72(77)55-47-39-31-21-16-14-12-10-11-13-15-19-27-35-43-51-65(2)3/h65-71,76H,9-64H2,1-8H3,(H,81,82)(H,83,84)/t68?,69?,70-,71-/m1/s1. The highest BCUT2D eigenvalue weighted by atomic mass is 31.2. The number of hydrogen-bond acceptors (Lipinski definition) is 15. The van der Waals surface area contributed by atoms with Crippen molar-refractivity contribution in [2.45, 2.75) is 395 Å². The van der Waals surface area contributed by atoms with Gasteiger partial charge in [0.1, 0.15) is 19.3 Å². The molecule has 17 nitrogen and oxygen atoms in total. The fraction of sp³-hybridized carbons (Fsp3) is 0.947. The van der Waals surface area contributed by atoms with E-state index in [-0.39, 0.29) is 25.7 Å². The lowest BCUT2D eigenvalue weighted by Crippen LogP contribution is -2.30. The van der Waals surface area contributed by atoms with Gasteiger partial charge in [0.2, 0.25) is 0 Å². The quantitative estimate of drug-likeness (QED) is 0.0222. The molecular weight excluding hydrogens is 1230 g/mol. The average Bonchev–Trinajstić information content (AvgIpc) is 1.95. The summed E-state index contributed by atoms with van der Waals surface area (Å²) in [5.41, 5.74) is 0. The van der Waals surface area contributed by atoms with E-state index >= 15 is 0 Å². The van der Waals surface area contributed by atoms with E-state index in [0.29, 0.717) is 25.7 Å². The van der Waals surface area contributed by atoms with Crippen LogP contribution >= 0.6 is 15.6 Å². The molecule has 0 aromatic carbocycles. The van der Waals surface area contributed by atoms with Gasteiger partial charge >= 0.3 is 39.5 Å². The van der Waals surface area contributed by atoms with Crippen molar-refractivity contribution in [1.29, 1.82) is 0 Å². The van der Waals surface area contributed by atoms with Gasteiger partial charge in [-0.25, -0.2) is 9.13 Å². The maximum absolute atomic E-state index is 13.1. The molecule has 0 saturated carbocycles. The minimum absolute atomic E-state index is 0.104. The van der Waals surface area contributed by atoms with Crippen molar-refractivity contribution in [2.24, 2.45) is 23.7 Å². The van der Waals surface area contributed by atoms with Crippen molar-refractivity contribution in [3.8, 4) is 0 Å². The number of phosphoric acid groups is 2. The number of phosphoric ester groups is 2. The molecule has 558 valence electrons. The molecule has 0 aliphatic heterocycles. The monoisotopic (exact) mass is 1380 g/mol. The van der Waals surface area contributed by atoms with Gasteiger partial charge in [-0.3, -0.25) is 37.3 Å². The number of aliphatic hydroxyl groups excluding tert-OH is 1. The van der Waals surface area contributed by atoms with Crippen LogP contribution in [0.3, 0.4) is 0 Å². The number of ether oxygens (including phenoxy) is 4. The van der Waals surface area contributed by atoms with Gasteiger partial charge in [0.15, 0.2) is 12.2 Å². The number of rotatable bonds is 72. The van der Waals surface area contributed by atoms with Crippen LogP contribution in [0.4, 0.5) is 0 Å². The van der Waals surface area contributed by atoms with Crippen LogP contribution in [-0.2, 0) is 65.4 Å². The third-order valence-electron chi connectivity index (χ3n) is 17.7. The fourth-order valence-electron chi connectivity index (χ4n) is 11.3. The average molecular weight is 1380 g/mol. The Morgan fingerprint density at radius 1 is 0.298 bits per heavy atom. The summed E-state index contributed by atoms with van der Waals surface area (Å²) in [6, 6.07) is 0. The number of carbonyl (C=O) groups excluding carboxylic acids is 4. The number of aliphatic hydroxyl groups is 1. The summed E-state index contributed by atoms with van der Waals surface area (Å²) < 4.78 is 68.5. The van der Waals surface area contributed by atoms with E-state index in [0.717, 1.165) is 114 Å². The fourth-order valence-corrected chi connectivity index (χ4v) is 12.9. The molecule has 94 heavy (non-hydrogen) atoms. The molecule has 0 heterocycles. The Kier molecular flexibility index (Phi) is 63.1. The highest BCUT2D eigenvalue weighted by molar-refractivity contribution is 7.47. The van der Waals surface area contributed by atoms with Gasteiger partial charge in [-0.15, -0.1) is 0 Å². The van der Waals surface area contributed by atoms with Gasteiger partial charge in [-0.05, 0) is 49.4 Å². The van der Waals surface area contributed by atoms with Crippen LogP contribution in [0.25, 0.3) is 0 Å². The Labute approximate surface area is 575 Å². The summed E-state index contributed by atoms with van der Waals surface area (Å²) >= 11 is 0. The van der Waals surface area contributed by atoms with Crippen LogP contribution in [-0.4, -0.2) is 96.7 Å². The minimum Gasteiger partial charge on any atom is -0.462 e. The minimum atomic E-state index is -4.96. The molecule has 6 atom stereocenters. The molecule has 3 N–H and O–H groups in total. The van der Waals surface area contributed by atoms with Gasteiger partial charge < -0.3 is 33.8 Å². The van der Waals surface area contributed by atoms with E-state index in [2.05, 4.69) is 55.4 Å². The SMILES string of the molecule is CCC(C)CCCCCCCCCCC(=O)O[C@H](COC(=O)CCCCCCCCCCC(C)C)COP(=O)(O)OCC(O)COP(=O)(O)OC[C@@H](COC(=O)CCCCCCCCCCCCCCCCCC(C)C)OC(=O)CCCCCCCCCCCCC(C)C. The second-order valence-electron chi connectivity index (χ2n) is 28.7. The predicted molar refractivity (Wildman–Crippen MR) is 381 cm³/mol. The van der Waals surface area contributed by atoms with Gasteiger partial charge in [-0.1, -0.05) is 325 Å².